The molecule has 34 heavy (non-hydrogen) atoms. The third-order valence-electron chi connectivity index (χ3n) is 7.82. The van der Waals surface area contributed by atoms with Crippen LogP contribution in [-0.4, -0.2) is 48.4 Å². The minimum Gasteiger partial charge on any atom is -0.465 e. The predicted molar refractivity (Wildman–Crippen MR) is 138 cm³/mol. The van der Waals surface area contributed by atoms with Gasteiger partial charge in [0.25, 0.3) is 0 Å². The molecule has 198 valence electrons. The first kappa shape index (κ1) is 30.4. The van der Waals surface area contributed by atoms with E-state index < -0.39 is 10.8 Å². The molecule has 0 bridgehead atoms. The molecule has 1 saturated heterocycles. The predicted octanol–water partition coefficient (Wildman–Crippen LogP) is 5.88. The van der Waals surface area contributed by atoms with Crippen molar-refractivity contribution in [2.24, 2.45) is 16.7 Å². The SMILES string of the molecule is CCCCC(CC)COC(=O)C(C)(CC)CC(C)(CC(C)N1CCCCCC1=O)C(=O)NCC. The summed E-state index contributed by atoms with van der Waals surface area (Å²) in [5.41, 5.74) is -1.54. The van der Waals surface area contributed by atoms with Crippen LogP contribution < -0.4 is 5.32 Å². The van der Waals surface area contributed by atoms with Gasteiger partial charge in [-0.1, -0.05) is 53.4 Å². The Kier molecular flexibility index (Phi) is 13.2. The Morgan fingerprint density at radius 3 is 2.38 bits per heavy atom. The molecule has 0 aromatic heterocycles. The molecule has 6 nitrogen and oxygen atoms in total. The van der Waals surface area contributed by atoms with Gasteiger partial charge in [0.2, 0.25) is 11.8 Å². The van der Waals surface area contributed by atoms with Crippen molar-refractivity contribution in [1.82, 2.24) is 10.2 Å². The number of hydrogen-bond acceptors (Lipinski definition) is 4. The number of carbonyl (C=O) groups excluding carboxylic acids is 3. The number of hydrogen-bond donors (Lipinski definition) is 1. The highest BCUT2D eigenvalue weighted by atomic mass is 16.5. The molecule has 4 unspecified atom stereocenters. The molecule has 4 atom stereocenters. The fraction of sp³-hybridized carbons (Fsp3) is 0.893. The summed E-state index contributed by atoms with van der Waals surface area (Å²) in [4.78, 5) is 41.3. The second-order valence-electron chi connectivity index (χ2n) is 11.0. The molecule has 1 fully saturated rings. The maximum atomic E-state index is 13.3. The van der Waals surface area contributed by atoms with Gasteiger partial charge in [-0.15, -0.1) is 0 Å². The van der Waals surface area contributed by atoms with Crippen LogP contribution in [0.15, 0.2) is 0 Å². The van der Waals surface area contributed by atoms with E-state index >= 15 is 0 Å². The third kappa shape index (κ3) is 8.88. The van der Waals surface area contributed by atoms with Crippen LogP contribution in [0.4, 0.5) is 0 Å². The zero-order chi connectivity index (χ0) is 25.8. The number of carbonyl (C=O) groups is 3. The molecular formula is C28H52N2O4. The molecule has 6 heteroatoms. The van der Waals surface area contributed by atoms with Gasteiger partial charge in [0.15, 0.2) is 0 Å². The van der Waals surface area contributed by atoms with E-state index in [9.17, 15) is 14.4 Å². The van der Waals surface area contributed by atoms with Gasteiger partial charge in [-0.2, -0.15) is 0 Å². The van der Waals surface area contributed by atoms with Crippen molar-refractivity contribution < 1.29 is 19.1 Å². The Labute approximate surface area is 208 Å². The molecular weight excluding hydrogens is 428 g/mol. The van der Waals surface area contributed by atoms with Crippen molar-refractivity contribution in [2.75, 3.05) is 19.7 Å². The normalized spacial score (nSPS) is 20.0. The average molecular weight is 481 g/mol. The Morgan fingerprint density at radius 1 is 1.09 bits per heavy atom. The van der Waals surface area contributed by atoms with Crippen LogP contribution in [0.2, 0.25) is 0 Å². The lowest BCUT2D eigenvalue weighted by Gasteiger charge is -2.40. The molecule has 1 rings (SSSR count). The molecule has 2 amide bonds. The van der Waals surface area contributed by atoms with Crippen molar-refractivity contribution in [3.63, 3.8) is 0 Å². The van der Waals surface area contributed by atoms with Gasteiger partial charge >= 0.3 is 5.97 Å². The molecule has 0 radical (unpaired) electrons. The van der Waals surface area contributed by atoms with E-state index in [-0.39, 0.29) is 23.8 Å². The second kappa shape index (κ2) is 14.7. The highest BCUT2D eigenvalue weighted by Gasteiger charge is 2.46. The van der Waals surface area contributed by atoms with E-state index in [0.29, 0.717) is 44.8 Å². The van der Waals surface area contributed by atoms with Crippen LogP contribution in [0.3, 0.4) is 0 Å². The van der Waals surface area contributed by atoms with Crippen LogP contribution in [0.5, 0.6) is 0 Å². The summed E-state index contributed by atoms with van der Waals surface area (Å²) in [6.07, 6.45) is 9.47. The van der Waals surface area contributed by atoms with Gasteiger partial charge < -0.3 is 15.0 Å². The van der Waals surface area contributed by atoms with Crippen molar-refractivity contribution >= 4 is 17.8 Å². The van der Waals surface area contributed by atoms with Gasteiger partial charge in [0.1, 0.15) is 0 Å². The van der Waals surface area contributed by atoms with E-state index in [1.807, 2.05) is 39.5 Å². The van der Waals surface area contributed by atoms with Gasteiger partial charge in [0, 0.05) is 31.0 Å². The van der Waals surface area contributed by atoms with Gasteiger partial charge in [-0.05, 0) is 65.2 Å². The summed E-state index contributed by atoms with van der Waals surface area (Å²) in [5.74, 6) is 0.303. The summed E-state index contributed by atoms with van der Waals surface area (Å²) in [6, 6.07) is -0.0613. The summed E-state index contributed by atoms with van der Waals surface area (Å²) in [6.45, 7) is 15.9. The van der Waals surface area contributed by atoms with Crippen molar-refractivity contribution in [1.29, 1.82) is 0 Å². The summed E-state index contributed by atoms with van der Waals surface area (Å²) in [5, 5.41) is 2.99. The Hall–Kier alpha value is -1.59. The molecule has 0 saturated carbocycles. The minimum absolute atomic E-state index is 0.0500. The average Bonchev–Trinajstić information content (AvgIpc) is 3.03. The van der Waals surface area contributed by atoms with E-state index in [2.05, 4.69) is 19.2 Å². The molecule has 0 spiro atoms. The number of unbranched alkanes of at least 4 members (excludes halogenated alkanes) is 1. The van der Waals surface area contributed by atoms with Crippen LogP contribution in [-0.2, 0) is 19.1 Å². The fourth-order valence-electron chi connectivity index (χ4n) is 5.32. The maximum Gasteiger partial charge on any atom is 0.311 e. The van der Waals surface area contributed by atoms with E-state index in [0.717, 1.165) is 51.5 Å². The number of amides is 2. The third-order valence-corrected chi connectivity index (χ3v) is 7.82. The van der Waals surface area contributed by atoms with Crippen LogP contribution in [0.25, 0.3) is 0 Å². The zero-order valence-electron chi connectivity index (χ0n) is 23.1. The Morgan fingerprint density at radius 2 is 1.79 bits per heavy atom. The van der Waals surface area contributed by atoms with Crippen LogP contribution >= 0.6 is 0 Å². The lowest BCUT2D eigenvalue weighted by atomic mass is 9.68. The number of nitrogens with zero attached hydrogens (tertiary/aromatic N) is 1. The number of esters is 1. The zero-order valence-corrected chi connectivity index (χ0v) is 23.1. The van der Waals surface area contributed by atoms with Crippen LogP contribution in [0.1, 0.15) is 119 Å². The lowest BCUT2D eigenvalue weighted by Crippen LogP contribution is -2.49. The van der Waals surface area contributed by atoms with Crippen molar-refractivity contribution in [3.8, 4) is 0 Å². The highest BCUT2D eigenvalue weighted by Crippen LogP contribution is 2.42. The largest absolute Gasteiger partial charge is 0.465 e. The van der Waals surface area contributed by atoms with Gasteiger partial charge in [0.05, 0.1) is 12.0 Å². The summed E-state index contributed by atoms with van der Waals surface area (Å²) in [7, 11) is 0. The number of nitrogens with one attached hydrogen (secondary N) is 1. The molecule has 0 aromatic rings. The quantitative estimate of drug-likeness (QED) is 0.297. The summed E-state index contributed by atoms with van der Waals surface area (Å²) >= 11 is 0. The second-order valence-corrected chi connectivity index (χ2v) is 11.0. The first-order valence-electron chi connectivity index (χ1n) is 13.8. The Bertz CT molecular complexity index is 652. The van der Waals surface area contributed by atoms with Crippen molar-refractivity contribution in [3.05, 3.63) is 0 Å². The van der Waals surface area contributed by atoms with E-state index in [1.165, 1.54) is 0 Å². The Balaban J connectivity index is 3.03. The molecule has 1 aliphatic heterocycles. The standard InChI is InChI=1S/C28H52N2O4/c1-8-12-16-23(9-2)20-34-26(33)27(6,10-3)21-28(7,25(32)29-11-4)19-22(5)30-18-15-13-14-17-24(30)31/h22-23H,8-21H2,1-7H3,(H,29,32). The first-order valence-corrected chi connectivity index (χ1v) is 13.8. The van der Waals surface area contributed by atoms with Crippen molar-refractivity contribution in [2.45, 2.75) is 125 Å². The van der Waals surface area contributed by atoms with Gasteiger partial charge in [-0.3, -0.25) is 14.4 Å². The first-order chi connectivity index (χ1) is 16.1. The molecule has 1 heterocycles. The fourth-order valence-corrected chi connectivity index (χ4v) is 5.32. The number of likely N-dealkylation sites (tertiary alicyclic amines) is 1. The lowest BCUT2D eigenvalue weighted by molar-refractivity contribution is -0.160. The van der Waals surface area contributed by atoms with E-state index in [4.69, 9.17) is 4.74 Å². The smallest absolute Gasteiger partial charge is 0.311 e. The minimum atomic E-state index is -0.780. The molecule has 1 N–H and O–H groups in total. The number of ether oxygens (including phenoxy) is 1. The van der Waals surface area contributed by atoms with E-state index in [1.54, 1.807) is 0 Å². The van der Waals surface area contributed by atoms with Gasteiger partial charge in [-0.25, -0.2) is 0 Å². The molecule has 1 aliphatic rings. The topological polar surface area (TPSA) is 75.7 Å². The maximum absolute atomic E-state index is 13.3. The number of rotatable bonds is 15. The van der Waals surface area contributed by atoms with Crippen LogP contribution in [0, 0.1) is 16.7 Å². The molecule has 0 aromatic carbocycles. The highest BCUT2D eigenvalue weighted by molar-refractivity contribution is 5.84. The monoisotopic (exact) mass is 480 g/mol. The molecule has 0 aliphatic carbocycles. The summed E-state index contributed by atoms with van der Waals surface area (Å²) < 4.78 is 5.85.